The van der Waals surface area contributed by atoms with Gasteiger partial charge in [-0.3, -0.25) is 4.90 Å². The van der Waals surface area contributed by atoms with Crippen molar-refractivity contribution in [3.63, 3.8) is 0 Å². The third kappa shape index (κ3) is 3.99. The number of aromatic nitrogens is 4. The van der Waals surface area contributed by atoms with Gasteiger partial charge in [-0.25, -0.2) is 4.98 Å². The van der Waals surface area contributed by atoms with E-state index in [2.05, 4.69) is 62.4 Å². The lowest BCUT2D eigenvalue weighted by Gasteiger charge is -2.21. The van der Waals surface area contributed by atoms with Crippen LogP contribution in [0.3, 0.4) is 0 Å². The Balaban J connectivity index is 1.37. The van der Waals surface area contributed by atoms with Crippen LogP contribution in [0.2, 0.25) is 0 Å². The van der Waals surface area contributed by atoms with E-state index in [0.29, 0.717) is 24.9 Å². The molecule has 1 aliphatic rings. The monoisotopic (exact) mass is 432 g/mol. The van der Waals surface area contributed by atoms with Gasteiger partial charge >= 0.3 is 0 Å². The molecule has 1 aliphatic heterocycles. The van der Waals surface area contributed by atoms with Gasteiger partial charge in [0.15, 0.2) is 0 Å². The van der Waals surface area contributed by atoms with E-state index in [1.54, 1.807) is 13.3 Å². The number of methoxy groups -OCH3 is 1. The number of nitrogens with zero attached hydrogens (tertiary/aromatic N) is 5. The molecular formula is C24H28N6O2. The van der Waals surface area contributed by atoms with Crippen molar-refractivity contribution in [3.05, 3.63) is 60.2 Å². The summed E-state index contributed by atoms with van der Waals surface area (Å²) in [5.74, 6) is 1.96. The van der Waals surface area contributed by atoms with Gasteiger partial charge in [-0.1, -0.05) is 23.4 Å². The highest BCUT2D eigenvalue weighted by Crippen LogP contribution is 2.35. The number of anilines is 1. The zero-order valence-electron chi connectivity index (χ0n) is 18.5. The fourth-order valence-electron chi connectivity index (χ4n) is 4.54. The molecular weight excluding hydrogens is 404 g/mol. The van der Waals surface area contributed by atoms with Gasteiger partial charge in [0.05, 0.1) is 18.2 Å². The van der Waals surface area contributed by atoms with Crippen LogP contribution < -0.4 is 5.32 Å². The number of benzene rings is 1. The summed E-state index contributed by atoms with van der Waals surface area (Å²) in [4.78, 5) is 11.7. The molecule has 0 aliphatic carbocycles. The highest BCUT2D eigenvalue weighted by atomic mass is 16.5. The first-order valence-electron chi connectivity index (χ1n) is 11.0. The summed E-state index contributed by atoms with van der Waals surface area (Å²) in [6, 6.07) is 12.5. The van der Waals surface area contributed by atoms with Crippen molar-refractivity contribution >= 4 is 16.7 Å². The van der Waals surface area contributed by atoms with Crippen LogP contribution in [0.4, 0.5) is 5.82 Å². The molecule has 166 valence electrons. The lowest BCUT2D eigenvalue weighted by atomic mass is 10.1. The summed E-state index contributed by atoms with van der Waals surface area (Å²) >= 11 is 0. The normalized spacial score (nSPS) is 16.8. The van der Waals surface area contributed by atoms with Crippen molar-refractivity contribution in [1.82, 2.24) is 24.6 Å². The van der Waals surface area contributed by atoms with Crippen LogP contribution in [0.25, 0.3) is 22.3 Å². The average Bonchev–Trinajstić information content (AvgIpc) is 3.55. The summed E-state index contributed by atoms with van der Waals surface area (Å²) in [6.07, 6.45) is 6.11. The first kappa shape index (κ1) is 20.7. The molecule has 4 heterocycles. The lowest BCUT2D eigenvalue weighted by molar-refractivity contribution is 0.201. The predicted molar refractivity (Wildman–Crippen MR) is 123 cm³/mol. The Labute approximate surface area is 187 Å². The minimum Gasteiger partial charge on any atom is -0.383 e. The Morgan fingerprint density at radius 3 is 3.03 bits per heavy atom. The standard InChI is InChI=1S/C24H28N6O2/c1-29-15-17(18-7-3-4-9-20(18)29)16-30-13-6-10-21(30)24-27-23(28-32-24)19-8-5-11-25-22(19)26-12-14-31-2/h3-5,7-9,11,15,21H,6,10,12-14,16H2,1-2H3,(H,25,26). The second kappa shape index (κ2) is 9.10. The van der Waals surface area contributed by atoms with Crippen molar-refractivity contribution < 1.29 is 9.26 Å². The number of rotatable bonds is 8. The highest BCUT2D eigenvalue weighted by Gasteiger charge is 2.31. The van der Waals surface area contributed by atoms with Crippen LogP contribution in [0.5, 0.6) is 0 Å². The minimum absolute atomic E-state index is 0.122. The fraction of sp³-hybridized carbons (Fsp3) is 0.375. The quantitative estimate of drug-likeness (QED) is 0.421. The molecule has 1 N–H and O–H groups in total. The molecule has 32 heavy (non-hydrogen) atoms. The van der Waals surface area contributed by atoms with Crippen molar-refractivity contribution in [2.45, 2.75) is 25.4 Å². The average molecular weight is 433 g/mol. The second-order valence-electron chi connectivity index (χ2n) is 8.19. The molecule has 4 aromatic rings. The first-order valence-corrected chi connectivity index (χ1v) is 11.0. The van der Waals surface area contributed by atoms with Crippen LogP contribution in [-0.4, -0.2) is 51.4 Å². The molecule has 1 unspecified atom stereocenters. The molecule has 1 atom stereocenters. The zero-order chi connectivity index (χ0) is 21.9. The van der Waals surface area contributed by atoms with E-state index in [4.69, 9.17) is 14.2 Å². The minimum atomic E-state index is 0.122. The number of hydrogen-bond donors (Lipinski definition) is 1. The van der Waals surface area contributed by atoms with Gasteiger partial charge in [-0.2, -0.15) is 4.98 Å². The number of likely N-dealkylation sites (tertiary alicyclic amines) is 1. The van der Waals surface area contributed by atoms with E-state index in [1.165, 1.54) is 16.5 Å². The molecule has 1 aromatic carbocycles. The molecule has 5 rings (SSSR count). The van der Waals surface area contributed by atoms with Gasteiger partial charge in [0.2, 0.25) is 11.7 Å². The molecule has 3 aromatic heterocycles. The molecule has 1 fully saturated rings. The molecule has 8 heteroatoms. The summed E-state index contributed by atoms with van der Waals surface area (Å²) in [6.45, 7) is 3.13. The Hall–Kier alpha value is -3.23. The van der Waals surface area contributed by atoms with Gasteiger partial charge in [-0.05, 0) is 43.1 Å². The predicted octanol–water partition coefficient (Wildman–Crippen LogP) is 4.02. The number of ether oxygens (including phenoxy) is 1. The smallest absolute Gasteiger partial charge is 0.244 e. The fourth-order valence-corrected chi connectivity index (χ4v) is 4.54. The maximum atomic E-state index is 5.76. The summed E-state index contributed by atoms with van der Waals surface area (Å²) < 4.78 is 13.1. The van der Waals surface area contributed by atoms with E-state index in [9.17, 15) is 0 Å². The molecule has 0 radical (unpaired) electrons. The molecule has 0 amide bonds. The first-order chi connectivity index (χ1) is 15.7. The number of hydrogen-bond acceptors (Lipinski definition) is 7. The van der Waals surface area contributed by atoms with Crippen LogP contribution in [0.15, 0.2) is 53.3 Å². The molecule has 0 saturated carbocycles. The third-order valence-corrected chi connectivity index (χ3v) is 6.09. The Bertz CT molecular complexity index is 1200. The van der Waals surface area contributed by atoms with Crippen molar-refractivity contribution in [3.8, 4) is 11.4 Å². The van der Waals surface area contributed by atoms with Gasteiger partial charge < -0.3 is 19.1 Å². The topological polar surface area (TPSA) is 81.2 Å². The van der Waals surface area contributed by atoms with Crippen molar-refractivity contribution in [2.75, 3.05) is 32.1 Å². The van der Waals surface area contributed by atoms with E-state index in [1.807, 2.05) is 12.1 Å². The van der Waals surface area contributed by atoms with Gasteiger partial charge in [0, 0.05) is 50.5 Å². The van der Waals surface area contributed by atoms with Crippen LogP contribution >= 0.6 is 0 Å². The van der Waals surface area contributed by atoms with Crippen LogP contribution in [-0.2, 0) is 18.3 Å². The van der Waals surface area contributed by atoms with Crippen molar-refractivity contribution in [1.29, 1.82) is 0 Å². The largest absolute Gasteiger partial charge is 0.383 e. The third-order valence-electron chi connectivity index (χ3n) is 6.09. The highest BCUT2D eigenvalue weighted by molar-refractivity contribution is 5.83. The molecule has 1 saturated heterocycles. The number of para-hydroxylation sites is 1. The number of aryl methyl sites for hydroxylation is 1. The Morgan fingerprint density at radius 2 is 2.12 bits per heavy atom. The van der Waals surface area contributed by atoms with Crippen LogP contribution in [0.1, 0.15) is 30.3 Å². The maximum absolute atomic E-state index is 5.76. The number of nitrogens with one attached hydrogen (secondary N) is 1. The lowest BCUT2D eigenvalue weighted by Crippen LogP contribution is -2.23. The molecule has 8 nitrogen and oxygen atoms in total. The van der Waals surface area contributed by atoms with E-state index in [-0.39, 0.29) is 6.04 Å². The Morgan fingerprint density at radius 1 is 1.22 bits per heavy atom. The summed E-state index contributed by atoms with van der Waals surface area (Å²) in [7, 11) is 3.78. The van der Waals surface area contributed by atoms with Gasteiger partial charge in [0.1, 0.15) is 5.82 Å². The van der Waals surface area contributed by atoms with Crippen molar-refractivity contribution in [2.24, 2.45) is 7.05 Å². The van der Waals surface area contributed by atoms with E-state index in [0.717, 1.165) is 37.3 Å². The van der Waals surface area contributed by atoms with E-state index < -0.39 is 0 Å². The second-order valence-corrected chi connectivity index (χ2v) is 8.19. The molecule has 0 spiro atoms. The SMILES string of the molecule is COCCNc1ncccc1-c1noc(C2CCCN2Cc2cn(C)c3ccccc23)n1. The van der Waals surface area contributed by atoms with Crippen LogP contribution in [0, 0.1) is 0 Å². The number of fused-ring (bicyclic) bond motifs is 1. The maximum Gasteiger partial charge on any atom is 0.244 e. The Kier molecular flexibility index (Phi) is 5.87. The zero-order valence-corrected chi connectivity index (χ0v) is 18.5. The summed E-state index contributed by atoms with van der Waals surface area (Å²) in [5.41, 5.74) is 3.41. The van der Waals surface area contributed by atoms with Gasteiger partial charge in [-0.15, -0.1) is 0 Å². The molecule has 0 bridgehead atoms. The van der Waals surface area contributed by atoms with E-state index >= 15 is 0 Å². The number of pyridine rings is 1. The summed E-state index contributed by atoms with van der Waals surface area (Å²) in [5, 5.41) is 8.87. The van der Waals surface area contributed by atoms with Gasteiger partial charge in [0.25, 0.3) is 0 Å².